The van der Waals surface area contributed by atoms with Gasteiger partial charge < -0.3 is 20.5 Å². The minimum Gasteiger partial charge on any atom is -0.462 e. The summed E-state index contributed by atoms with van der Waals surface area (Å²) in [4.78, 5) is 39.1. The number of hydrogen-bond acceptors (Lipinski definition) is 7. The largest absolute Gasteiger partial charge is 0.462 e. The third kappa shape index (κ3) is 7.69. The summed E-state index contributed by atoms with van der Waals surface area (Å²) in [5.74, 6) is -2.39. The molecule has 0 saturated heterocycles. The predicted octanol–water partition coefficient (Wildman–Crippen LogP) is 3.00. The number of rotatable bonds is 12. The molecule has 3 N–H and O–H groups in total. The number of halogens is 2. The van der Waals surface area contributed by atoms with Gasteiger partial charge in [-0.25, -0.2) is 14.0 Å². The average Bonchev–Trinajstić information content (AvgIpc) is 2.81. The highest BCUT2D eigenvalue weighted by atomic mass is 19.3. The van der Waals surface area contributed by atoms with Crippen LogP contribution in [-0.2, 0) is 19.2 Å². The summed E-state index contributed by atoms with van der Waals surface area (Å²) >= 11 is 0. The first kappa shape index (κ1) is 25.5. The van der Waals surface area contributed by atoms with E-state index < -0.39 is 35.8 Å². The van der Waals surface area contributed by atoms with Crippen molar-refractivity contribution in [2.75, 3.05) is 6.61 Å². The number of alkyl halides is 1. The molecule has 1 amide bonds. The van der Waals surface area contributed by atoms with Gasteiger partial charge in [-0.2, -0.15) is 4.94 Å². The predicted molar refractivity (Wildman–Crippen MR) is 114 cm³/mol. The third-order valence-corrected chi connectivity index (χ3v) is 4.61. The Morgan fingerprint density at radius 1 is 1.03 bits per heavy atom. The van der Waals surface area contributed by atoms with Crippen molar-refractivity contribution in [1.82, 2.24) is 5.32 Å². The van der Waals surface area contributed by atoms with Crippen LogP contribution in [0, 0.1) is 0 Å². The molecule has 0 aliphatic carbocycles. The Morgan fingerprint density at radius 2 is 1.58 bits per heavy atom. The Bertz CT molecular complexity index is 954. The number of amides is 1. The Morgan fingerprint density at radius 3 is 2.09 bits per heavy atom. The van der Waals surface area contributed by atoms with Gasteiger partial charge >= 0.3 is 11.9 Å². The molecule has 0 heterocycles. The SMILES string of the molecule is C[C@](F)([C@H](N/C=C\C(N)=O)OF)[C@@H](CCOC(=O)c1ccccc1)OC(=O)c1ccccc1. The van der Waals surface area contributed by atoms with Crippen LogP contribution >= 0.6 is 0 Å². The van der Waals surface area contributed by atoms with E-state index >= 15 is 4.39 Å². The highest BCUT2D eigenvalue weighted by molar-refractivity contribution is 5.90. The van der Waals surface area contributed by atoms with E-state index in [1.807, 2.05) is 0 Å². The number of hydrogen-bond donors (Lipinski definition) is 2. The monoisotopic (exact) mass is 462 g/mol. The fourth-order valence-electron chi connectivity index (χ4n) is 2.81. The van der Waals surface area contributed by atoms with Crippen molar-refractivity contribution in [3.8, 4) is 0 Å². The summed E-state index contributed by atoms with van der Waals surface area (Å²) in [5, 5.41) is 2.21. The standard InChI is InChI=1S/C23H24F2N2O6/c1-23(24,22(33-25)27-14-12-19(26)28)18(32-21(30)17-10-6-3-7-11-17)13-15-31-20(29)16-8-4-2-5-9-16/h2-12,14,18,22,27H,13,15H2,1H3,(H2,26,28)/b14-12-/t18-,22-,23-/m1/s1. The van der Waals surface area contributed by atoms with Gasteiger partial charge in [0.25, 0.3) is 0 Å². The molecular formula is C23H24F2N2O6. The number of nitrogens with two attached hydrogens (primary N) is 1. The van der Waals surface area contributed by atoms with Crippen LogP contribution in [0.4, 0.5) is 8.92 Å². The third-order valence-electron chi connectivity index (χ3n) is 4.61. The van der Waals surface area contributed by atoms with Crippen molar-refractivity contribution in [3.05, 3.63) is 84.1 Å². The van der Waals surface area contributed by atoms with Crippen LogP contribution in [0.3, 0.4) is 0 Å². The molecule has 33 heavy (non-hydrogen) atoms. The lowest BCUT2D eigenvalue weighted by atomic mass is 9.96. The summed E-state index contributed by atoms with van der Waals surface area (Å²) in [6.45, 7) is 0.598. The van der Waals surface area contributed by atoms with Crippen molar-refractivity contribution in [1.29, 1.82) is 0 Å². The van der Waals surface area contributed by atoms with E-state index in [4.69, 9.17) is 15.2 Å². The smallest absolute Gasteiger partial charge is 0.338 e. The Kier molecular flexibility index (Phi) is 9.49. The topological polar surface area (TPSA) is 117 Å². The molecule has 8 nitrogen and oxygen atoms in total. The van der Waals surface area contributed by atoms with Gasteiger partial charge in [-0.3, -0.25) is 4.79 Å². The summed E-state index contributed by atoms with van der Waals surface area (Å²) in [6.07, 6.45) is -2.17. The van der Waals surface area contributed by atoms with Crippen molar-refractivity contribution in [3.63, 3.8) is 0 Å². The number of carbonyl (C=O) groups is 3. The molecule has 0 bridgehead atoms. The van der Waals surface area contributed by atoms with Crippen molar-refractivity contribution < 1.29 is 37.7 Å². The normalized spacial score (nSPS) is 14.6. The first-order valence-electron chi connectivity index (χ1n) is 9.92. The quantitative estimate of drug-likeness (QED) is 0.283. The second kappa shape index (κ2) is 12.3. The molecule has 0 aromatic heterocycles. The number of carbonyl (C=O) groups excluding carboxylic acids is 3. The molecule has 0 aliphatic heterocycles. The summed E-state index contributed by atoms with van der Waals surface area (Å²) in [7, 11) is 0. The molecule has 176 valence electrons. The molecule has 10 heteroatoms. The van der Waals surface area contributed by atoms with E-state index in [-0.39, 0.29) is 24.2 Å². The first-order valence-corrected chi connectivity index (χ1v) is 9.92. The number of primary amides is 1. The van der Waals surface area contributed by atoms with Gasteiger partial charge in [0.05, 0.1) is 17.7 Å². The molecule has 3 atom stereocenters. The zero-order valence-electron chi connectivity index (χ0n) is 17.8. The number of benzene rings is 2. The molecule has 0 spiro atoms. The molecule has 2 aromatic rings. The van der Waals surface area contributed by atoms with E-state index in [1.165, 1.54) is 24.3 Å². The Balaban J connectivity index is 2.16. The fraction of sp³-hybridized carbons (Fsp3) is 0.261. The van der Waals surface area contributed by atoms with Crippen LogP contribution < -0.4 is 11.1 Å². The van der Waals surface area contributed by atoms with E-state index in [2.05, 4.69) is 10.3 Å². The van der Waals surface area contributed by atoms with Gasteiger partial charge in [0.15, 0.2) is 5.67 Å². The molecule has 0 saturated carbocycles. The highest BCUT2D eigenvalue weighted by Crippen LogP contribution is 2.28. The Hall–Kier alpha value is -3.79. The molecule has 0 radical (unpaired) electrons. The van der Waals surface area contributed by atoms with Gasteiger partial charge in [0.2, 0.25) is 12.1 Å². The van der Waals surface area contributed by atoms with Crippen LogP contribution in [0.25, 0.3) is 0 Å². The fourth-order valence-corrected chi connectivity index (χ4v) is 2.81. The lowest BCUT2D eigenvalue weighted by molar-refractivity contribution is -0.242. The van der Waals surface area contributed by atoms with Gasteiger partial charge in [-0.15, -0.1) is 0 Å². The minimum absolute atomic E-state index is 0.138. The zero-order chi connectivity index (χ0) is 24.3. The molecular weight excluding hydrogens is 438 g/mol. The van der Waals surface area contributed by atoms with Gasteiger partial charge in [0.1, 0.15) is 6.10 Å². The Labute approximate surface area is 189 Å². The maximum Gasteiger partial charge on any atom is 0.338 e. The van der Waals surface area contributed by atoms with E-state index in [1.54, 1.807) is 36.4 Å². The molecule has 0 unspecified atom stereocenters. The molecule has 0 aliphatic rings. The number of esters is 2. The lowest BCUT2D eigenvalue weighted by Gasteiger charge is -2.34. The van der Waals surface area contributed by atoms with Crippen LogP contribution in [0.5, 0.6) is 0 Å². The van der Waals surface area contributed by atoms with E-state index in [0.717, 1.165) is 19.2 Å². The second-order valence-corrected chi connectivity index (χ2v) is 7.07. The van der Waals surface area contributed by atoms with Crippen molar-refractivity contribution >= 4 is 17.8 Å². The van der Waals surface area contributed by atoms with Gasteiger partial charge in [0, 0.05) is 18.7 Å². The second-order valence-electron chi connectivity index (χ2n) is 7.07. The number of ether oxygens (including phenoxy) is 2. The average molecular weight is 462 g/mol. The summed E-state index contributed by atoms with van der Waals surface area (Å²) in [5.41, 5.74) is 2.70. The lowest BCUT2D eigenvalue weighted by Crippen LogP contribution is -2.54. The maximum absolute atomic E-state index is 15.7. The zero-order valence-corrected chi connectivity index (χ0v) is 17.8. The number of nitrogens with one attached hydrogen (secondary N) is 1. The van der Waals surface area contributed by atoms with Crippen LogP contribution in [-0.4, -0.2) is 42.5 Å². The van der Waals surface area contributed by atoms with Crippen LogP contribution in [0.15, 0.2) is 72.9 Å². The maximum atomic E-state index is 15.7. The summed E-state index contributed by atoms with van der Waals surface area (Å²) < 4.78 is 39.3. The van der Waals surface area contributed by atoms with E-state index in [0.29, 0.717) is 0 Å². The van der Waals surface area contributed by atoms with E-state index in [9.17, 15) is 18.9 Å². The van der Waals surface area contributed by atoms with Gasteiger partial charge in [-0.05, 0) is 35.7 Å². The minimum atomic E-state index is -2.67. The van der Waals surface area contributed by atoms with Crippen molar-refractivity contribution in [2.45, 2.75) is 31.3 Å². The summed E-state index contributed by atoms with van der Waals surface area (Å²) in [6, 6.07) is 15.9. The van der Waals surface area contributed by atoms with Crippen LogP contribution in [0.2, 0.25) is 0 Å². The molecule has 0 fully saturated rings. The van der Waals surface area contributed by atoms with Crippen LogP contribution in [0.1, 0.15) is 34.1 Å². The first-order chi connectivity index (χ1) is 15.8. The highest BCUT2D eigenvalue weighted by Gasteiger charge is 2.46. The molecule has 2 aromatic carbocycles. The molecule has 2 rings (SSSR count). The van der Waals surface area contributed by atoms with Crippen molar-refractivity contribution in [2.24, 2.45) is 5.73 Å². The van der Waals surface area contributed by atoms with Gasteiger partial charge in [-0.1, -0.05) is 36.4 Å².